The molecule has 36 heavy (non-hydrogen) atoms. The number of aliphatic carboxylic acids is 1. The Morgan fingerprint density at radius 3 is 2.31 bits per heavy atom. The molecule has 2 unspecified atom stereocenters. The number of rotatable bonds is 5. The number of β-amino-alcohol motifs (C(OH)–C–C–N with tert-alkyl or cyclic N) is 1. The molecule has 2 aromatic rings. The van der Waals surface area contributed by atoms with E-state index in [-0.39, 0.29) is 57.1 Å². The highest BCUT2D eigenvalue weighted by molar-refractivity contribution is 5.89. The molecule has 0 spiro atoms. The van der Waals surface area contributed by atoms with Crippen molar-refractivity contribution in [1.82, 2.24) is 4.90 Å². The van der Waals surface area contributed by atoms with Crippen LogP contribution < -0.4 is 4.74 Å². The van der Waals surface area contributed by atoms with Crippen molar-refractivity contribution >= 4 is 16.7 Å². The molecular weight excluding hydrogens is 492 g/mol. The molecule has 2 atom stereocenters. The molecule has 5 nitrogen and oxygen atoms in total. The van der Waals surface area contributed by atoms with Crippen LogP contribution in [-0.4, -0.2) is 52.6 Å². The third kappa shape index (κ3) is 6.05. The lowest BCUT2D eigenvalue weighted by molar-refractivity contribution is -0.185. The number of aliphatic hydroxyl groups excluding tert-OH is 1. The van der Waals surface area contributed by atoms with Crippen LogP contribution in [0, 0.1) is 11.8 Å². The van der Waals surface area contributed by atoms with Crippen molar-refractivity contribution in [2.24, 2.45) is 11.8 Å². The lowest BCUT2D eigenvalue weighted by Crippen LogP contribution is -2.45. The zero-order valence-electron chi connectivity index (χ0n) is 19.3. The number of carbonyl (C=O) groups is 1. The Kier molecular flexibility index (Phi) is 7.43. The highest BCUT2D eigenvalue weighted by atomic mass is 19.4. The highest BCUT2D eigenvalue weighted by Crippen LogP contribution is 2.44. The van der Waals surface area contributed by atoms with Gasteiger partial charge in [-0.1, -0.05) is 18.2 Å². The lowest BCUT2D eigenvalue weighted by Gasteiger charge is -2.33. The second-order valence-corrected chi connectivity index (χ2v) is 9.74. The Morgan fingerprint density at radius 2 is 1.69 bits per heavy atom. The summed E-state index contributed by atoms with van der Waals surface area (Å²) in [6, 6.07) is 7.12. The van der Waals surface area contributed by atoms with Crippen molar-refractivity contribution in [3.63, 3.8) is 0 Å². The van der Waals surface area contributed by atoms with Gasteiger partial charge in [0.15, 0.2) is 0 Å². The average molecular weight is 519 g/mol. The predicted molar refractivity (Wildman–Crippen MR) is 118 cm³/mol. The summed E-state index contributed by atoms with van der Waals surface area (Å²) >= 11 is 0. The van der Waals surface area contributed by atoms with Crippen molar-refractivity contribution in [1.29, 1.82) is 0 Å². The standard InChI is InChI=1S/C25H27F6NO4/c26-24(27,28)17-3-5-19(6-4-17)36-21-8-2-15-9-14(1-7-20(15)22(21)25(29,30)31)11-32-12-16(23(34)35)10-18(33)13-32/h1-2,7-9,16-19,33H,3-6,10-13H2,(H,34,35). The number of piperidine rings is 1. The maximum absolute atomic E-state index is 14.1. The summed E-state index contributed by atoms with van der Waals surface area (Å²) in [5.74, 6) is -3.59. The third-order valence-corrected chi connectivity index (χ3v) is 7.02. The van der Waals surface area contributed by atoms with Crippen molar-refractivity contribution in [2.75, 3.05) is 13.1 Å². The summed E-state index contributed by atoms with van der Waals surface area (Å²) in [4.78, 5) is 13.1. The Morgan fingerprint density at radius 1 is 1.00 bits per heavy atom. The maximum atomic E-state index is 14.1. The SMILES string of the molecule is O=C(O)C1CC(O)CN(Cc2ccc3c(C(F)(F)F)c(OC4CCC(C(F)(F)F)CC4)ccc3c2)C1. The molecule has 11 heteroatoms. The number of carboxylic acid groups (broad SMARTS) is 1. The molecule has 1 aliphatic carbocycles. The number of benzene rings is 2. The second kappa shape index (κ2) is 10.1. The van der Waals surface area contributed by atoms with E-state index in [1.54, 1.807) is 11.0 Å². The van der Waals surface area contributed by atoms with E-state index in [1.807, 2.05) is 0 Å². The van der Waals surface area contributed by atoms with Gasteiger partial charge >= 0.3 is 18.3 Å². The van der Waals surface area contributed by atoms with E-state index in [9.17, 15) is 41.4 Å². The molecular formula is C25H27F6NO4. The number of halogens is 6. The van der Waals surface area contributed by atoms with E-state index in [0.717, 1.165) is 0 Å². The van der Waals surface area contributed by atoms with E-state index in [4.69, 9.17) is 4.74 Å². The van der Waals surface area contributed by atoms with Crippen LogP contribution in [-0.2, 0) is 17.5 Å². The van der Waals surface area contributed by atoms with Crippen molar-refractivity contribution in [3.05, 3.63) is 41.5 Å². The van der Waals surface area contributed by atoms with Crippen LogP contribution in [0.15, 0.2) is 30.3 Å². The predicted octanol–water partition coefficient (Wildman–Crippen LogP) is 5.63. The zero-order chi connectivity index (χ0) is 26.3. The second-order valence-electron chi connectivity index (χ2n) is 9.74. The van der Waals surface area contributed by atoms with E-state index in [1.165, 1.54) is 24.3 Å². The van der Waals surface area contributed by atoms with E-state index in [2.05, 4.69) is 0 Å². The smallest absolute Gasteiger partial charge is 0.420 e. The van der Waals surface area contributed by atoms with Crippen LogP contribution in [0.25, 0.3) is 10.8 Å². The van der Waals surface area contributed by atoms with Crippen LogP contribution in [0.2, 0.25) is 0 Å². The first-order valence-electron chi connectivity index (χ1n) is 11.8. The molecule has 1 saturated heterocycles. The molecule has 1 heterocycles. The van der Waals surface area contributed by atoms with E-state index >= 15 is 0 Å². The number of hydrogen-bond donors (Lipinski definition) is 2. The number of hydrogen-bond acceptors (Lipinski definition) is 4. The monoisotopic (exact) mass is 519 g/mol. The van der Waals surface area contributed by atoms with Gasteiger partial charge < -0.3 is 14.9 Å². The Bertz CT molecular complexity index is 1090. The summed E-state index contributed by atoms with van der Waals surface area (Å²) in [6.07, 6.45) is -10.7. The Balaban J connectivity index is 1.54. The number of aliphatic hydroxyl groups is 1. The van der Waals surface area contributed by atoms with Crippen molar-refractivity contribution in [3.8, 4) is 5.75 Å². The molecule has 2 aromatic carbocycles. The quantitative estimate of drug-likeness (QED) is 0.502. The minimum atomic E-state index is -4.74. The van der Waals surface area contributed by atoms with Gasteiger partial charge in [-0.25, -0.2) is 0 Å². The van der Waals surface area contributed by atoms with Gasteiger partial charge in [0.05, 0.1) is 24.0 Å². The summed E-state index contributed by atoms with van der Waals surface area (Å²) in [5.41, 5.74) is -0.308. The first-order chi connectivity index (χ1) is 16.8. The average Bonchev–Trinajstić information content (AvgIpc) is 2.77. The molecule has 4 rings (SSSR count). The Hall–Kier alpha value is -2.53. The van der Waals surface area contributed by atoms with E-state index < -0.39 is 53.7 Å². The summed E-state index contributed by atoms with van der Waals surface area (Å²) in [7, 11) is 0. The number of ether oxygens (including phenoxy) is 1. The lowest BCUT2D eigenvalue weighted by atomic mass is 9.87. The molecule has 0 bridgehead atoms. The van der Waals surface area contributed by atoms with Gasteiger partial charge in [-0.05, 0) is 60.6 Å². The van der Waals surface area contributed by atoms with Gasteiger partial charge in [-0.2, -0.15) is 26.3 Å². The molecule has 0 aromatic heterocycles. The van der Waals surface area contributed by atoms with Gasteiger partial charge in [-0.15, -0.1) is 0 Å². The fraction of sp³-hybridized carbons (Fsp3) is 0.560. The fourth-order valence-corrected chi connectivity index (χ4v) is 5.26. The molecule has 2 aliphatic rings. The topological polar surface area (TPSA) is 70.0 Å². The fourth-order valence-electron chi connectivity index (χ4n) is 5.26. The summed E-state index contributed by atoms with van der Waals surface area (Å²) < 4.78 is 86.5. The van der Waals surface area contributed by atoms with Crippen LogP contribution in [0.5, 0.6) is 5.75 Å². The molecule has 2 N–H and O–H groups in total. The van der Waals surface area contributed by atoms with Gasteiger partial charge in [0.2, 0.25) is 0 Å². The van der Waals surface area contributed by atoms with Gasteiger partial charge in [0.1, 0.15) is 11.3 Å². The van der Waals surface area contributed by atoms with Crippen LogP contribution in [0.3, 0.4) is 0 Å². The van der Waals surface area contributed by atoms with Crippen molar-refractivity contribution < 1.29 is 46.1 Å². The largest absolute Gasteiger partial charge is 0.490 e. The van der Waals surface area contributed by atoms with Gasteiger partial charge in [0.25, 0.3) is 0 Å². The first-order valence-corrected chi connectivity index (χ1v) is 11.8. The number of carboxylic acids is 1. The minimum Gasteiger partial charge on any atom is -0.490 e. The van der Waals surface area contributed by atoms with E-state index in [0.29, 0.717) is 10.9 Å². The van der Waals surface area contributed by atoms with Crippen LogP contribution in [0.4, 0.5) is 26.3 Å². The van der Waals surface area contributed by atoms with Gasteiger partial charge in [0, 0.05) is 19.6 Å². The first kappa shape index (κ1) is 26.5. The number of fused-ring (bicyclic) bond motifs is 1. The minimum absolute atomic E-state index is 0.0253. The molecule has 0 radical (unpaired) electrons. The maximum Gasteiger partial charge on any atom is 0.420 e. The van der Waals surface area contributed by atoms with Crippen LogP contribution in [0.1, 0.15) is 43.2 Å². The van der Waals surface area contributed by atoms with Crippen LogP contribution >= 0.6 is 0 Å². The number of nitrogens with zero attached hydrogens (tertiary/aromatic N) is 1. The number of alkyl halides is 6. The molecule has 2 fully saturated rings. The Labute approximate surface area is 203 Å². The molecule has 1 aliphatic heterocycles. The van der Waals surface area contributed by atoms with Gasteiger partial charge in [-0.3, -0.25) is 9.69 Å². The zero-order valence-corrected chi connectivity index (χ0v) is 19.3. The summed E-state index contributed by atoms with van der Waals surface area (Å²) in [6.45, 7) is 0.749. The van der Waals surface area contributed by atoms with Crippen molar-refractivity contribution in [2.45, 2.75) is 63.2 Å². The molecule has 0 amide bonds. The molecule has 1 saturated carbocycles. The number of likely N-dealkylation sites (tertiary alicyclic amines) is 1. The molecule has 198 valence electrons. The summed E-state index contributed by atoms with van der Waals surface area (Å²) in [5, 5.41) is 19.5. The normalized spacial score (nSPS) is 26.2. The third-order valence-electron chi connectivity index (χ3n) is 7.02. The highest BCUT2D eigenvalue weighted by Gasteiger charge is 2.43.